The standard InChI is InChI=1S/C24H23N3OS2/c1-16-7-9-20(10-8-16)29-15-23(28)27(14-19-6-4-5-11-25-19)24-26-21-12-17(2)18(3)13-22(21)30-24/h4-13H,14-15H2,1-3H3. The van der Waals surface area contributed by atoms with Crippen LogP contribution >= 0.6 is 23.1 Å². The van der Waals surface area contributed by atoms with E-state index in [0.29, 0.717) is 12.3 Å². The number of fused-ring (bicyclic) bond motifs is 1. The first-order valence-electron chi connectivity index (χ1n) is 9.77. The molecule has 4 rings (SSSR count). The molecule has 4 nitrogen and oxygen atoms in total. The topological polar surface area (TPSA) is 46.1 Å². The Kier molecular flexibility index (Phi) is 6.16. The zero-order valence-corrected chi connectivity index (χ0v) is 18.9. The first-order valence-corrected chi connectivity index (χ1v) is 11.6. The molecule has 1 amide bonds. The molecule has 0 saturated carbocycles. The first-order chi connectivity index (χ1) is 14.5. The van der Waals surface area contributed by atoms with Gasteiger partial charge in [0.25, 0.3) is 0 Å². The third-order valence-corrected chi connectivity index (χ3v) is 6.99. The van der Waals surface area contributed by atoms with Crippen LogP contribution in [0.4, 0.5) is 5.13 Å². The summed E-state index contributed by atoms with van der Waals surface area (Å²) >= 11 is 3.10. The minimum absolute atomic E-state index is 0.0266. The van der Waals surface area contributed by atoms with Crippen LogP contribution in [0.2, 0.25) is 0 Å². The Bertz CT molecular complexity index is 1130. The second-order valence-electron chi connectivity index (χ2n) is 7.30. The molecular formula is C24H23N3OS2. The van der Waals surface area contributed by atoms with Gasteiger partial charge in [-0.15, -0.1) is 11.8 Å². The zero-order valence-electron chi connectivity index (χ0n) is 17.3. The average Bonchev–Trinajstić information content (AvgIpc) is 3.14. The van der Waals surface area contributed by atoms with Crippen molar-refractivity contribution in [3.05, 3.63) is 83.2 Å². The number of amides is 1. The predicted molar refractivity (Wildman–Crippen MR) is 126 cm³/mol. The van der Waals surface area contributed by atoms with Crippen LogP contribution in [0, 0.1) is 20.8 Å². The lowest BCUT2D eigenvalue weighted by Gasteiger charge is -2.19. The average molecular weight is 434 g/mol. The minimum Gasteiger partial charge on any atom is -0.281 e. The van der Waals surface area contributed by atoms with Gasteiger partial charge in [-0.2, -0.15) is 0 Å². The number of hydrogen-bond acceptors (Lipinski definition) is 5. The molecule has 0 atom stereocenters. The van der Waals surface area contributed by atoms with Gasteiger partial charge >= 0.3 is 0 Å². The Morgan fingerprint density at radius 1 is 1.03 bits per heavy atom. The Labute approximate surface area is 185 Å². The van der Waals surface area contributed by atoms with Gasteiger partial charge in [-0.3, -0.25) is 14.7 Å². The van der Waals surface area contributed by atoms with Gasteiger partial charge in [-0.25, -0.2) is 4.98 Å². The van der Waals surface area contributed by atoms with E-state index in [9.17, 15) is 4.79 Å². The molecule has 6 heteroatoms. The van der Waals surface area contributed by atoms with Crippen LogP contribution in [0.25, 0.3) is 10.2 Å². The highest BCUT2D eigenvalue weighted by Crippen LogP contribution is 2.32. The second kappa shape index (κ2) is 8.98. The van der Waals surface area contributed by atoms with Crippen molar-refractivity contribution in [1.82, 2.24) is 9.97 Å². The van der Waals surface area contributed by atoms with Gasteiger partial charge in [0.1, 0.15) is 0 Å². The second-order valence-corrected chi connectivity index (χ2v) is 9.36. The monoisotopic (exact) mass is 433 g/mol. The number of nitrogens with zero attached hydrogens (tertiary/aromatic N) is 3. The molecule has 30 heavy (non-hydrogen) atoms. The van der Waals surface area contributed by atoms with Crippen molar-refractivity contribution in [3.8, 4) is 0 Å². The number of pyridine rings is 1. The van der Waals surface area contributed by atoms with E-state index in [0.717, 1.165) is 25.9 Å². The summed E-state index contributed by atoms with van der Waals surface area (Å²) in [4.78, 5) is 25.3. The van der Waals surface area contributed by atoms with Crippen molar-refractivity contribution in [3.63, 3.8) is 0 Å². The van der Waals surface area contributed by atoms with Crippen LogP contribution in [0.1, 0.15) is 22.4 Å². The van der Waals surface area contributed by atoms with Crippen LogP contribution in [-0.4, -0.2) is 21.6 Å². The Hall–Kier alpha value is -2.70. The molecule has 0 spiro atoms. The maximum absolute atomic E-state index is 13.2. The lowest BCUT2D eigenvalue weighted by Crippen LogP contribution is -2.32. The molecule has 2 aromatic heterocycles. The Morgan fingerprint density at radius 3 is 2.53 bits per heavy atom. The highest BCUT2D eigenvalue weighted by atomic mass is 32.2. The van der Waals surface area contributed by atoms with E-state index in [1.807, 2.05) is 18.2 Å². The molecule has 4 aromatic rings. The summed E-state index contributed by atoms with van der Waals surface area (Å²) in [5, 5.41) is 0.718. The van der Waals surface area contributed by atoms with Gasteiger partial charge in [0.2, 0.25) is 5.91 Å². The van der Waals surface area contributed by atoms with E-state index in [1.54, 1.807) is 34.2 Å². The van der Waals surface area contributed by atoms with Gasteiger partial charge in [-0.05, 0) is 68.3 Å². The maximum atomic E-state index is 13.2. The minimum atomic E-state index is 0.0266. The number of carbonyl (C=O) groups excluding carboxylic acids is 1. The molecule has 0 aliphatic heterocycles. The van der Waals surface area contributed by atoms with Crippen molar-refractivity contribution in [1.29, 1.82) is 0 Å². The molecule has 0 bridgehead atoms. The van der Waals surface area contributed by atoms with Gasteiger partial charge in [-0.1, -0.05) is 35.1 Å². The number of aromatic nitrogens is 2. The number of aryl methyl sites for hydroxylation is 3. The van der Waals surface area contributed by atoms with E-state index >= 15 is 0 Å². The molecule has 2 aromatic carbocycles. The number of anilines is 1. The molecule has 0 aliphatic rings. The molecule has 0 radical (unpaired) electrons. The summed E-state index contributed by atoms with van der Waals surface area (Å²) in [6.07, 6.45) is 1.75. The van der Waals surface area contributed by atoms with E-state index in [4.69, 9.17) is 4.98 Å². The SMILES string of the molecule is Cc1ccc(SCC(=O)N(Cc2ccccn2)c2nc3cc(C)c(C)cc3s2)cc1. The van der Waals surface area contributed by atoms with Crippen LogP contribution in [0.15, 0.2) is 65.7 Å². The quantitative estimate of drug-likeness (QED) is 0.353. The summed E-state index contributed by atoms with van der Waals surface area (Å²) in [5.74, 6) is 0.378. The molecular weight excluding hydrogens is 410 g/mol. The summed E-state index contributed by atoms with van der Waals surface area (Å²) < 4.78 is 1.10. The Morgan fingerprint density at radius 2 is 1.80 bits per heavy atom. The summed E-state index contributed by atoms with van der Waals surface area (Å²) in [5.41, 5.74) is 5.43. The fourth-order valence-electron chi connectivity index (χ4n) is 3.06. The fraction of sp³-hybridized carbons (Fsp3) is 0.208. The molecule has 152 valence electrons. The van der Waals surface area contributed by atoms with E-state index in [1.165, 1.54) is 16.7 Å². The van der Waals surface area contributed by atoms with Crippen LogP contribution in [0.5, 0.6) is 0 Å². The van der Waals surface area contributed by atoms with Crippen molar-refractivity contribution in [2.75, 3.05) is 10.7 Å². The third-order valence-electron chi connectivity index (χ3n) is 4.95. The highest BCUT2D eigenvalue weighted by Gasteiger charge is 2.21. The normalized spacial score (nSPS) is 11.0. The maximum Gasteiger partial charge on any atom is 0.239 e. The summed E-state index contributed by atoms with van der Waals surface area (Å²) in [7, 11) is 0. The summed E-state index contributed by atoms with van der Waals surface area (Å²) in [6.45, 7) is 6.66. The number of thiazole rings is 1. The van der Waals surface area contributed by atoms with E-state index in [-0.39, 0.29) is 5.91 Å². The van der Waals surface area contributed by atoms with Gasteiger partial charge in [0.15, 0.2) is 5.13 Å². The number of hydrogen-bond donors (Lipinski definition) is 0. The zero-order chi connectivity index (χ0) is 21.1. The third kappa shape index (κ3) is 4.71. The summed E-state index contributed by atoms with van der Waals surface area (Å²) in [6, 6.07) is 18.2. The van der Waals surface area contributed by atoms with E-state index in [2.05, 4.69) is 62.2 Å². The predicted octanol–water partition coefficient (Wildman–Crippen LogP) is 5.94. The number of rotatable bonds is 6. The fourth-order valence-corrected chi connectivity index (χ4v) is 4.89. The molecule has 0 aliphatic carbocycles. The number of thioether (sulfide) groups is 1. The van der Waals surface area contributed by atoms with Crippen LogP contribution in [0.3, 0.4) is 0 Å². The first kappa shape index (κ1) is 20.6. The number of carbonyl (C=O) groups is 1. The molecule has 0 fully saturated rings. The lowest BCUT2D eigenvalue weighted by atomic mass is 10.1. The van der Waals surface area contributed by atoms with Crippen LogP contribution in [-0.2, 0) is 11.3 Å². The van der Waals surface area contributed by atoms with E-state index < -0.39 is 0 Å². The largest absolute Gasteiger partial charge is 0.281 e. The van der Waals surface area contributed by atoms with Gasteiger partial charge in [0.05, 0.1) is 28.2 Å². The number of benzene rings is 2. The van der Waals surface area contributed by atoms with Crippen molar-refractivity contribution in [2.24, 2.45) is 0 Å². The van der Waals surface area contributed by atoms with Gasteiger partial charge in [0, 0.05) is 11.1 Å². The van der Waals surface area contributed by atoms with Crippen molar-refractivity contribution < 1.29 is 4.79 Å². The lowest BCUT2D eigenvalue weighted by molar-refractivity contribution is -0.116. The van der Waals surface area contributed by atoms with Gasteiger partial charge < -0.3 is 0 Å². The van der Waals surface area contributed by atoms with Crippen LogP contribution < -0.4 is 4.90 Å². The molecule has 2 heterocycles. The smallest absolute Gasteiger partial charge is 0.239 e. The van der Waals surface area contributed by atoms with Crippen molar-refractivity contribution >= 4 is 44.4 Å². The molecule has 0 N–H and O–H groups in total. The molecule has 0 unspecified atom stereocenters. The molecule has 0 saturated heterocycles. The van der Waals surface area contributed by atoms with Crippen molar-refractivity contribution in [2.45, 2.75) is 32.2 Å². The highest BCUT2D eigenvalue weighted by molar-refractivity contribution is 8.00. The Balaban J connectivity index is 1.62.